The quantitative estimate of drug-likeness (QED) is 0.744. The van der Waals surface area contributed by atoms with Gasteiger partial charge in [-0.1, -0.05) is 5.21 Å². The average molecular weight is 340 g/mol. The van der Waals surface area contributed by atoms with Gasteiger partial charge in [0.25, 0.3) is 0 Å². The molecule has 1 fully saturated rings. The van der Waals surface area contributed by atoms with Gasteiger partial charge in [0.2, 0.25) is 0 Å². The molecule has 1 atom stereocenters. The minimum absolute atomic E-state index is 0.0722. The topological polar surface area (TPSA) is 106 Å². The van der Waals surface area contributed by atoms with Gasteiger partial charge in [0.15, 0.2) is 5.69 Å². The molecule has 128 valence electrons. The summed E-state index contributed by atoms with van der Waals surface area (Å²) in [4.78, 5) is 21.9. The molecular formula is C16H16N6O3. The Kier molecular flexibility index (Phi) is 3.98. The standard InChI is InChI=1S/C16H16N6O3/c23-16(24)13-10-22(20-19-13)9-11-8-21(6-7-25-11)14-3-5-17-12-2-1-4-18-15(12)14/h1-5,10-11H,6-9H2,(H,23,24). The number of hydrogen-bond donors (Lipinski definition) is 1. The van der Waals surface area contributed by atoms with E-state index < -0.39 is 5.97 Å². The van der Waals surface area contributed by atoms with Crippen LogP contribution in [0.1, 0.15) is 10.5 Å². The number of carboxylic acids is 1. The lowest BCUT2D eigenvalue weighted by Crippen LogP contribution is -2.44. The summed E-state index contributed by atoms with van der Waals surface area (Å²) in [6, 6.07) is 5.76. The molecule has 1 unspecified atom stereocenters. The van der Waals surface area contributed by atoms with Gasteiger partial charge in [-0.15, -0.1) is 5.10 Å². The lowest BCUT2D eigenvalue weighted by molar-refractivity contribution is 0.0271. The number of rotatable bonds is 4. The van der Waals surface area contributed by atoms with Crippen molar-refractivity contribution in [2.75, 3.05) is 24.6 Å². The molecule has 0 amide bonds. The third-order valence-corrected chi connectivity index (χ3v) is 4.10. The van der Waals surface area contributed by atoms with Crippen molar-refractivity contribution >= 4 is 22.7 Å². The van der Waals surface area contributed by atoms with Crippen molar-refractivity contribution in [3.05, 3.63) is 42.5 Å². The maximum atomic E-state index is 10.9. The van der Waals surface area contributed by atoms with Gasteiger partial charge in [0.1, 0.15) is 5.52 Å². The van der Waals surface area contributed by atoms with E-state index in [-0.39, 0.29) is 11.8 Å². The number of hydrogen-bond acceptors (Lipinski definition) is 7. The van der Waals surface area contributed by atoms with Crippen molar-refractivity contribution in [1.29, 1.82) is 0 Å². The van der Waals surface area contributed by atoms with Crippen LogP contribution in [-0.4, -0.2) is 61.8 Å². The van der Waals surface area contributed by atoms with Crippen LogP contribution >= 0.6 is 0 Å². The van der Waals surface area contributed by atoms with Gasteiger partial charge < -0.3 is 14.7 Å². The van der Waals surface area contributed by atoms with E-state index in [0.29, 0.717) is 19.7 Å². The second kappa shape index (κ2) is 6.44. The van der Waals surface area contributed by atoms with Crippen LogP contribution in [0, 0.1) is 0 Å². The Hall–Kier alpha value is -3.07. The highest BCUT2D eigenvalue weighted by Gasteiger charge is 2.23. The molecule has 3 aromatic rings. The number of anilines is 1. The number of nitrogens with zero attached hydrogens (tertiary/aromatic N) is 6. The highest BCUT2D eigenvalue weighted by Crippen LogP contribution is 2.25. The average Bonchev–Trinajstić information content (AvgIpc) is 3.10. The summed E-state index contributed by atoms with van der Waals surface area (Å²) in [6.45, 7) is 2.41. The predicted octanol–water partition coefficient (Wildman–Crippen LogP) is 0.825. The first-order chi connectivity index (χ1) is 12.2. The first-order valence-corrected chi connectivity index (χ1v) is 7.90. The van der Waals surface area contributed by atoms with Crippen molar-refractivity contribution in [3.63, 3.8) is 0 Å². The van der Waals surface area contributed by atoms with Gasteiger partial charge >= 0.3 is 5.97 Å². The Bertz CT molecular complexity index is 906. The number of carboxylic acid groups (broad SMARTS) is 1. The third kappa shape index (κ3) is 3.13. The highest BCUT2D eigenvalue weighted by molar-refractivity contribution is 5.87. The van der Waals surface area contributed by atoms with Crippen LogP contribution in [-0.2, 0) is 11.3 Å². The number of carbonyl (C=O) groups is 1. The van der Waals surface area contributed by atoms with Crippen molar-refractivity contribution in [1.82, 2.24) is 25.0 Å². The van der Waals surface area contributed by atoms with E-state index in [1.165, 1.54) is 10.9 Å². The summed E-state index contributed by atoms with van der Waals surface area (Å²) in [5.74, 6) is -1.09. The van der Waals surface area contributed by atoms with Crippen LogP contribution < -0.4 is 4.90 Å². The molecule has 0 aromatic carbocycles. The highest BCUT2D eigenvalue weighted by atomic mass is 16.5. The summed E-state index contributed by atoms with van der Waals surface area (Å²) in [7, 11) is 0. The Labute approximate surface area is 142 Å². The molecule has 0 spiro atoms. The van der Waals surface area contributed by atoms with Crippen molar-refractivity contribution in [3.8, 4) is 0 Å². The molecule has 25 heavy (non-hydrogen) atoms. The molecule has 9 nitrogen and oxygen atoms in total. The van der Waals surface area contributed by atoms with Crippen LogP contribution in [0.2, 0.25) is 0 Å². The molecule has 4 rings (SSSR count). The predicted molar refractivity (Wildman–Crippen MR) is 88.5 cm³/mol. The Morgan fingerprint density at radius 1 is 1.32 bits per heavy atom. The molecule has 1 aliphatic heterocycles. The van der Waals surface area contributed by atoms with Crippen LogP contribution in [0.4, 0.5) is 5.69 Å². The second-order valence-electron chi connectivity index (χ2n) is 5.77. The molecule has 0 saturated carbocycles. The van der Waals surface area contributed by atoms with Gasteiger partial charge in [-0.3, -0.25) is 9.97 Å². The summed E-state index contributed by atoms with van der Waals surface area (Å²) < 4.78 is 7.30. The van der Waals surface area contributed by atoms with Crippen LogP contribution in [0.15, 0.2) is 36.8 Å². The number of fused-ring (bicyclic) bond motifs is 1. The van der Waals surface area contributed by atoms with Crippen LogP contribution in [0.3, 0.4) is 0 Å². The van der Waals surface area contributed by atoms with Gasteiger partial charge in [0, 0.05) is 25.5 Å². The normalized spacial score (nSPS) is 17.8. The number of pyridine rings is 2. The fourth-order valence-corrected chi connectivity index (χ4v) is 2.96. The summed E-state index contributed by atoms with van der Waals surface area (Å²) >= 11 is 0. The summed E-state index contributed by atoms with van der Waals surface area (Å²) in [5, 5.41) is 16.4. The number of morpholine rings is 1. The maximum Gasteiger partial charge on any atom is 0.358 e. The smallest absolute Gasteiger partial charge is 0.358 e. The van der Waals surface area contributed by atoms with Crippen LogP contribution in [0.25, 0.3) is 11.0 Å². The largest absolute Gasteiger partial charge is 0.476 e. The molecule has 1 saturated heterocycles. The molecule has 0 aliphatic carbocycles. The van der Waals surface area contributed by atoms with Gasteiger partial charge in [0.05, 0.1) is 36.7 Å². The first-order valence-electron chi connectivity index (χ1n) is 7.90. The molecule has 9 heteroatoms. The Balaban J connectivity index is 1.53. The lowest BCUT2D eigenvalue weighted by Gasteiger charge is -2.34. The molecule has 4 heterocycles. The van der Waals surface area contributed by atoms with Crippen molar-refractivity contribution in [2.24, 2.45) is 0 Å². The zero-order valence-corrected chi connectivity index (χ0v) is 13.3. The second-order valence-corrected chi connectivity index (χ2v) is 5.77. The first kappa shape index (κ1) is 15.5. The molecule has 0 bridgehead atoms. The van der Waals surface area contributed by atoms with Crippen molar-refractivity contribution < 1.29 is 14.6 Å². The molecule has 0 radical (unpaired) electrons. The van der Waals surface area contributed by atoms with Crippen molar-refractivity contribution in [2.45, 2.75) is 12.6 Å². The molecule has 3 aromatic heterocycles. The van der Waals surface area contributed by atoms with E-state index in [1.54, 1.807) is 12.4 Å². The lowest BCUT2D eigenvalue weighted by atomic mass is 10.2. The third-order valence-electron chi connectivity index (χ3n) is 4.10. The minimum atomic E-state index is -1.09. The number of aromatic carboxylic acids is 1. The van der Waals surface area contributed by atoms with E-state index in [4.69, 9.17) is 9.84 Å². The fraction of sp³-hybridized carbons (Fsp3) is 0.312. The summed E-state index contributed by atoms with van der Waals surface area (Å²) in [5.41, 5.74) is 2.66. The number of aromatic nitrogens is 5. The van der Waals surface area contributed by atoms with Gasteiger partial charge in [-0.25, -0.2) is 9.48 Å². The Morgan fingerprint density at radius 3 is 3.08 bits per heavy atom. The molecular weight excluding hydrogens is 324 g/mol. The summed E-state index contributed by atoms with van der Waals surface area (Å²) in [6.07, 6.45) is 4.83. The fourth-order valence-electron chi connectivity index (χ4n) is 2.96. The van der Waals surface area contributed by atoms with E-state index in [2.05, 4.69) is 25.2 Å². The molecule has 1 aliphatic rings. The van der Waals surface area contributed by atoms with Gasteiger partial charge in [-0.2, -0.15) is 0 Å². The van der Waals surface area contributed by atoms with E-state index in [1.807, 2.05) is 18.2 Å². The van der Waals surface area contributed by atoms with E-state index >= 15 is 0 Å². The van der Waals surface area contributed by atoms with Crippen LogP contribution in [0.5, 0.6) is 0 Å². The van der Waals surface area contributed by atoms with E-state index in [0.717, 1.165) is 23.3 Å². The monoisotopic (exact) mass is 340 g/mol. The van der Waals surface area contributed by atoms with E-state index in [9.17, 15) is 4.79 Å². The zero-order valence-electron chi connectivity index (χ0n) is 13.3. The zero-order chi connectivity index (χ0) is 17.2. The SMILES string of the molecule is O=C(O)c1cn(CC2CN(c3ccnc4cccnc34)CCO2)nn1. The number of ether oxygens (including phenoxy) is 1. The van der Waals surface area contributed by atoms with Gasteiger partial charge in [-0.05, 0) is 18.2 Å². The molecule has 1 N–H and O–H groups in total. The maximum absolute atomic E-state index is 10.9. The Morgan fingerprint density at radius 2 is 2.24 bits per heavy atom. The minimum Gasteiger partial charge on any atom is -0.476 e.